The highest BCUT2D eigenvalue weighted by Gasteiger charge is 2.14. The van der Waals surface area contributed by atoms with Gasteiger partial charge in [0, 0.05) is 12.5 Å². The molecule has 0 aliphatic carbocycles. The second kappa shape index (κ2) is 7.96. The highest BCUT2D eigenvalue weighted by atomic mass is 32.1. The SMILES string of the molecule is COc1ccc(-c2nc3sc(=Cc4cccc(OC(C)=O)c4)c(=O)n3n2)cc1OC. The molecule has 30 heavy (non-hydrogen) atoms. The standard InChI is InChI=1S/C21H17N3O5S/c1-12(25)29-15-6-4-5-13(9-15)10-18-20(26)24-21(30-18)22-19(23-24)14-7-8-16(27-2)17(11-14)28-3/h4-11H,1-3H3. The van der Waals surface area contributed by atoms with Crippen LogP contribution in [0.1, 0.15) is 12.5 Å². The summed E-state index contributed by atoms with van der Waals surface area (Å²) in [7, 11) is 3.11. The third kappa shape index (κ3) is 3.74. The van der Waals surface area contributed by atoms with Crippen LogP contribution < -0.4 is 24.3 Å². The lowest BCUT2D eigenvalue weighted by molar-refractivity contribution is -0.131. The summed E-state index contributed by atoms with van der Waals surface area (Å²) in [4.78, 5) is 28.9. The summed E-state index contributed by atoms with van der Waals surface area (Å²) in [6, 6.07) is 12.3. The molecule has 9 heteroatoms. The van der Waals surface area contributed by atoms with Gasteiger partial charge < -0.3 is 14.2 Å². The molecule has 8 nitrogen and oxygen atoms in total. The van der Waals surface area contributed by atoms with Crippen LogP contribution in [0.2, 0.25) is 0 Å². The van der Waals surface area contributed by atoms with Crippen LogP contribution in [-0.4, -0.2) is 34.8 Å². The number of methoxy groups -OCH3 is 2. The Labute approximate surface area is 175 Å². The first-order valence-corrected chi connectivity index (χ1v) is 9.72. The van der Waals surface area contributed by atoms with Gasteiger partial charge in [-0.3, -0.25) is 9.59 Å². The Morgan fingerprint density at radius 1 is 1.10 bits per heavy atom. The Morgan fingerprint density at radius 3 is 2.60 bits per heavy atom. The number of rotatable bonds is 5. The third-order valence-corrected chi connectivity index (χ3v) is 5.20. The molecule has 0 atom stereocenters. The van der Waals surface area contributed by atoms with Crippen LogP contribution in [0.3, 0.4) is 0 Å². The minimum absolute atomic E-state index is 0.271. The molecule has 4 aromatic rings. The molecule has 0 unspecified atom stereocenters. The molecule has 0 aliphatic rings. The van der Waals surface area contributed by atoms with Crippen LogP contribution in [0.15, 0.2) is 47.3 Å². The maximum Gasteiger partial charge on any atom is 0.308 e. The lowest BCUT2D eigenvalue weighted by Gasteiger charge is -2.07. The van der Waals surface area contributed by atoms with Crippen molar-refractivity contribution in [2.45, 2.75) is 6.92 Å². The average molecular weight is 423 g/mol. The summed E-state index contributed by atoms with van der Waals surface area (Å²) in [6.07, 6.45) is 1.71. The highest BCUT2D eigenvalue weighted by molar-refractivity contribution is 7.15. The second-order valence-electron chi connectivity index (χ2n) is 6.28. The number of thiazole rings is 1. The fourth-order valence-corrected chi connectivity index (χ4v) is 3.82. The normalized spacial score (nSPS) is 11.6. The first-order valence-electron chi connectivity index (χ1n) is 8.90. The molecule has 0 radical (unpaired) electrons. The van der Waals surface area contributed by atoms with E-state index in [1.807, 2.05) is 6.07 Å². The van der Waals surface area contributed by atoms with Crippen molar-refractivity contribution in [1.82, 2.24) is 14.6 Å². The van der Waals surface area contributed by atoms with Crippen molar-refractivity contribution >= 4 is 28.3 Å². The fourth-order valence-electron chi connectivity index (χ4n) is 2.92. The Balaban J connectivity index is 1.72. The number of fused-ring (bicyclic) bond motifs is 1. The minimum Gasteiger partial charge on any atom is -0.493 e. The van der Waals surface area contributed by atoms with Crippen LogP contribution in [0, 0.1) is 0 Å². The van der Waals surface area contributed by atoms with Crippen molar-refractivity contribution in [2.24, 2.45) is 0 Å². The van der Waals surface area contributed by atoms with Crippen LogP contribution >= 0.6 is 11.3 Å². The van der Waals surface area contributed by atoms with E-state index in [0.717, 1.165) is 5.56 Å². The number of benzene rings is 2. The van der Waals surface area contributed by atoms with Crippen molar-refractivity contribution in [2.75, 3.05) is 14.2 Å². The topological polar surface area (TPSA) is 92.0 Å². The van der Waals surface area contributed by atoms with E-state index in [4.69, 9.17) is 14.2 Å². The molecule has 2 heterocycles. The molecule has 2 aromatic carbocycles. The lowest BCUT2D eigenvalue weighted by Crippen LogP contribution is -2.23. The number of carbonyl (C=O) groups is 1. The monoisotopic (exact) mass is 423 g/mol. The first-order chi connectivity index (χ1) is 14.5. The molecule has 4 rings (SSSR count). The zero-order valence-corrected chi connectivity index (χ0v) is 17.2. The maximum absolute atomic E-state index is 12.8. The summed E-state index contributed by atoms with van der Waals surface area (Å²) in [5, 5.41) is 4.35. The summed E-state index contributed by atoms with van der Waals surface area (Å²) in [5.74, 6) is 1.58. The molecule has 2 aromatic heterocycles. The molecule has 0 aliphatic heterocycles. The molecular weight excluding hydrogens is 406 g/mol. The number of esters is 1. The van der Waals surface area contributed by atoms with E-state index in [2.05, 4.69) is 10.1 Å². The van der Waals surface area contributed by atoms with Gasteiger partial charge in [0.15, 0.2) is 17.3 Å². The number of hydrogen-bond acceptors (Lipinski definition) is 8. The number of ether oxygens (including phenoxy) is 3. The Kier molecular flexibility index (Phi) is 5.20. The summed E-state index contributed by atoms with van der Waals surface area (Å²) in [5.41, 5.74) is 1.17. The predicted molar refractivity (Wildman–Crippen MR) is 112 cm³/mol. The van der Waals surface area contributed by atoms with Gasteiger partial charge in [-0.2, -0.15) is 9.50 Å². The van der Waals surface area contributed by atoms with E-state index in [9.17, 15) is 9.59 Å². The van der Waals surface area contributed by atoms with Gasteiger partial charge in [0.2, 0.25) is 4.96 Å². The molecular formula is C21H17N3O5S. The maximum atomic E-state index is 12.8. The second-order valence-corrected chi connectivity index (χ2v) is 7.29. The average Bonchev–Trinajstić information content (AvgIpc) is 3.27. The van der Waals surface area contributed by atoms with Gasteiger partial charge >= 0.3 is 5.97 Å². The van der Waals surface area contributed by atoms with Gasteiger partial charge in [0.1, 0.15) is 5.75 Å². The van der Waals surface area contributed by atoms with Gasteiger partial charge in [-0.15, -0.1) is 5.10 Å². The quantitative estimate of drug-likeness (QED) is 0.359. The molecule has 0 fully saturated rings. The van der Waals surface area contributed by atoms with E-state index in [0.29, 0.717) is 38.1 Å². The van der Waals surface area contributed by atoms with E-state index < -0.39 is 5.97 Å². The number of carbonyl (C=O) groups excluding carboxylic acids is 1. The smallest absolute Gasteiger partial charge is 0.308 e. The largest absolute Gasteiger partial charge is 0.493 e. The van der Waals surface area contributed by atoms with Crippen LogP contribution in [0.25, 0.3) is 22.4 Å². The highest BCUT2D eigenvalue weighted by Crippen LogP contribution is 2.31. The van der Waals surface area contributed by atoms with Gasteiger partial charge in [0.25, 0.3) is 5.56 Å². The number of hydrogen-bond donors (Lipinski definition) is 0. The minimum atomic E-state index is -0.404. The molecule has 0 N–H and O–H groups in total. The van der Waals surface area contributed by atoms with E-state index in [-0.39, 0.29) is 5.56 Å². The number of nitrogens with zero attached hydrogens (tertiary/aromatic N) is 3. The Bertz CT molecular complexity index is 1360. The zero-order valence-electron chi connectivity index (χ0n) is 16.4. The van der Waals surface area contributed by atoms with Crippen LogP contribution in [-0.2, 0) is 4.79 Å². The van der Waals surface area contributed by atoms with E-state index in [1.165, 1.54) is 22.8 Å². The van der Waals surface area contributed by atoms with Gasteiger partial charge in [-0.1, -0.05) is 23.5 Å². The molecule has 0 spiro atoms. The van der Waals surface area contributed by atoms with Crippen LogP contribution in [0.4, 0.5) is 0 Å². The summed E-state index contributed by atoms with van der Waals surface area (Å²) < 4.78 is 17.4. The Hall–Kier alpha value is -3.72. The zero-order chi connectivity index (χ0) is 21.3. The van der Waals surface area contributed by atoms with Gasteiger partial charge in [-0.05, 0) is 42.0 Å². The van der Waals surface area contributed by atoms with Gasteiger partial charge in [-0.25, -0.2) is 0 Å². The van der Waals surface area contributed by atoms with Crippen molar-refractivity contribution in [3.8, 4) is 28.6 Å². The summed E-state index contributed by atoms with van der Waals surface area (Å²) in [6.45, 7) is 1.34. The summed E-state index contributed by atoms with van der Waals surface area (Å²) >= 11 is 1.23. The van der Waals surface area contributed by atoms with Crippen molar-refractivity contribution in [3.63, 3.8) is 0 Å². The van der Waals surface area contributed by atoms with Crippen molar-refractivity contribution in [3.05, 3.63) is 62.9 Å². The molecule has 0 saturated carbocycles. The Morgan fingerprint density at radius 2 is 1.90 bits per heavy atom. The lowest BCUT2D eigenvalue weighted by atomic mass is 10.2. The number of aromatic nitrogens is 3. The van der Waals surface area contributed by atoms with Crippen LogP contribution in [0.5, 0.6) is 17.2 Å². The molecule has 152 valence electrons. The first kappa shape index (κ1) is 19.6. The van der Waals surface area contributed by atoms with Gasteiger partial charge in [0.05, 0.1) is 18.8 Å². The fraction of sp³-hybridized carbons (Fsp3) is 0.143. The predicted octanol–water partition coefficient (Wildman–Crippen LogP) is 2.31. The molecule has 0 bridgehead atoms. The van der Waals surface area contributed by atoms with Crippen molar-refractivity contribution in [1.29, 1.82) is 0 Å². The van der Waals surface area contributed by atoms with E-state index >= 15 is 0 Å². The van der Waals surface area contributed by atoms with Crippen molar-refractivity contribution < 1.29 is 19.0 Å². The third-order valence-electron chi connectivity index (χ3n) is 4.24. The molecule has 0 amide bonds. The molecule has 0 saturated heterocycles. The van der Waals surface area contributed by atoms with E-state index in [1.54, 1.807) is 56.7 Å².